The van der Waals surface area contributed by atoms with Gasteiger partial charge in [-0.25, -0.2) is 4.99 Å². The third-order valence-electron chi connectivity index (χ3n) is 3.77. The van der Waals surface area contributed by atoms with Crippen LogP contribution < -0.4 is 5.32 Å². The van der Waals surface area contributed by atoms with Crippen molar-refractivity contribution < 1.29 is 14.7 Å². The average molecular weight is 278 g/mol. The van der Waals surface area contributed by atoms with Gasteiger partial charge in [-0.05, 0) is 12.1 Å². The number of hydrogen-bond acceptors (Lipinski definition) is 4. The average Bonchev–Trinajstić information content (AvgIpc) is 2.63. The van der Waals surface area contributed by atoms with Gasteiger partial charge in [-0.15, -0.1) is 0 Å². The third kappa shape index (κ3) is 1.46. The molecule has 5 heteroatoms. The maximum Gasteiger partial charge on any atom is 0.256 e. The second-order valence-electron chi connectivity index (χ2n) is 5.02. The van der Waals surface area contributed by atoms with Crippen molar-refractivity contribution >= 4 is 23.1 Å². The highest BCUT2D eigenvalue weighted by Crippen LogP contribution is 2.34. The highest BCUT2D eigenvalue weighted by atomic mass is 16.3. The Labute approximate surface area is 119 Å². The summed E-state index contributed by atoms with van der Waals surface area (Å²) in [7, 11) is 0. The van der Waals surface area contributed by atoms with Gasteiger partial charge in [-0.3, -0.25) is 9.59 Å². The molecule has 0 radical (unpaired) electrons. The van der Waals surface area contributed by atoms with E-state index in [-0.39, 0.29) is 5.71 Å². The fourth-order valence-electron chi connectivity index (χ4n) is 2.76. The number of para-hydroxylation sites is 1. The minimum atomic E-state index is -2.10. The molecule has 1 heterocycles. The van der Waals surface area contributed by atoms with Crippen LogP contribution in [0.25, 0.3) is 0 Å². The number of fused-ring (bicyclic) bond motifs is 4. The van der Waals surface area contributed by atoms with Crippen LogP contribution in [0.5, 0.6) is 0 Å². The molecular formula is C16H10N2O3. The van der Waals surface area contributed by atoms with Crippen LogP contribution in [0.2, 0.25) is 0 Å². The van der Waals surface area contributed by atoms with Crippen molar-refractivity contribution in [2.45, 2.75) is 5.72 Å². The number of Topliss-reactive ketones (excluding diaryl/α,β-unsaturated/α-hetero) is 1. The summed E-state index contributed by atoms with van der Waals surface area (Å²) in [6.45, 7) is 0. The number of hydrogen-bond donors (Lipinski definition) is 2. The molecule has 2 aromatic carbocycles. The fourth-order valence-corrected chi connectivity index (χ4v) is 2.76. The second-order valence-corrected chi connectivity index (χ2v) is 5.02. The van der Waals surface area contributed by atoms with E-state index in [2.05, 4.69) is 10.3 Å². The summed E-state index contributed by atoms with van der Waals surface area (Å²) in [6, 6.07) is 13.5. The summed E-state index contributed by atoms with van der Waals surface area (Å²) in [5, 5.41) is 13.1. The lowest BCUT2D eigenvalue weighted by Crippen LogP contribution is -2.56. The standard InChI is InChI=1S/C16H10N2O3/c19-14-10-6-2-1-5-9(10)13-16(14,21)18-15(20)11-7-3-4-8-12(11)17-13/h1-8,21H,(H,18,20). The number of benzene rings is 2. The number of amides is 1. The first-order valence-electron chi connectivity index (χ1n) is 6.48. The van der Waals surface area contributed by atoms with Gasteiger partial charge >= 0.3 is 0 Å². The van der Waals surface area contributed by atoms with E-state index >= 15 is 0 Å². The van der Waals surface area contributed by atoms with Gasteiger partial charge in [0.25, 0.3) is 5.91 Å². The lowest BCUT2D eigenvalue weighted by atomic mass is 10.1. The van der Waals surface area contributed by atoms with Crippen LogP contribution >= 0.6 is 0 Å². The number of rotatable bonds is 0. The highest BCUT2D eigenvalue weighted by molar-refractivity contribution is 6.35. The summed E-state index contributed by atoms with van der Waals surface area (Å²) in [5.74, 6) is -1.08. The summed E-state index contributed by atoms with van der Waals surface area (Å²) in [4.78, 5) is 29.1. The molecule has 0 fully saturated rings. The zero-order chi connectivity index (χ0) is 14.6. The molecule has 21 heavy (non-hydrogen) atoms. The number of carbonyl (C=O) groups is 2. The molecule has 2 aromatic rings. The van der Waals surface area contributed by atoms with Crippen LogP contribution in [0.3, 0.4) is 0 Å². The molecule has 0 spiro atoms. The lowest BCUT2D eigenvalue weighted by Gasteiger charge is -2.21. The van der Waals surface area contributed by atoms with E-state index in [0.29, 0.717) is 22.4 Å². The van der Waals surface area contributed by atoms with Gasteiger partial charge in [0.2, 0.25) is 11.5 Å². The molecule has 0 saturated heterocycles. The van der Waals surface area contributed by atoms with Crippen molar-refractivity contribution in [2.24, 2.45) is 4.99 Å². The van der Waals surface area contributed by atoms with Crippen molar-refractivity contribution in [1.29, 1.82) is 0 Å². The zero-order valence-electron chi connectivity index (χ0n) is 10.8. The largest absolute Gasteiger partial charge is 0.359 e. The Kier molecular flexibility index (Phi) is 2.21. The number of aliphatic hydroxyl groups is 1. The molecule has 1 atom stereocenters. The number of nitrogens with one attached hydrogen (secondary N) is 1. The molecule has 1 aliphatic heterocycles. The SMILES string of the molecule is O=C1NC2(O)C(=O)c3ccccc3C2=Nc2ccccc21. The van der Waals surface area contributed by atoms with Gasteiger partial charge in [0.05, 0.1) is 11.3 Å². The Morgan fingerprint density at radius 3 is 2.29 bits per heavy atom. The van der Waals surface area contributed by atoms with Gasteiger partial charge in [-0.1, -0.05) is 36.4 Å². The zero-order valence-corrected chi connectivity index (χ0v) is 10.8. The van der Waals surface area contributed by atoms with Gasteiger partial charge in [0, 0.05) is 11.1 Å². The highest BCUT2D eigenvalue weighted by Gasteiger charge is 2.52. The first-order valence-corrected chi connectivity index (χ1v) is 6.48. The third-order valence-corrected chi connectivity index (χ3v) is 3.77. The lowest BCUT2D eigenvalue weighted by molar-refractivity contribution is 0.0456. The Bertz CT molecular complexity index is 841. The maximum atomic E-state index is 12.5. The van der Waals surface area contributed by atoms with Crippen LogP contribution in [0.15, 0.2) is 53.5 Å². The predicted octanol–water partition coefficient (Wildman–Crippen LogP) is 1.44. The Morgan fingerprint density at radius 2 is 1.52 bits per heavy atom. The molecule has 1 amide bonds. The normalized spacial score (nSPS) is 22.6. The minimum absolute atomic E-state index is 0.168. The monoisotopic (exact) mass is 278 g/mol. The number of ketones is 1. The van der Waals surface area contributed by atoms with Crippen molar-refractivity contribution in [3.63, 3.8) is 0 Å². The molecule has 0 bridgehead atoms. The molecule has 1 aliphatic carbocycles. The summed E-state index contributed by atoms with van der Waals surface area (Å²) < 4.78 is 0. The van der Waals surface area contributed by atoms with E-state index in [9.17, 15) is 14.7 Å². The number of nitrogens with zero attached hydrogens (tertiary/aromatic N) is 1. The molecular weight excluding hydrogens is 268 g/mol. The van der Waals surface area contributed by atoms with Gasteiger partial charge in [-0.2, -0.15) is 0 Å². The Balaban J connectivity index is 2.05. The van der Waals surface area contributed by atoms with Crippen molar-refractivity contribution in [3.05, 3.63) is 65.2 Å². The van der Waals surface area contributed by atoms with E-state index in [1.807, 2.05) is 0 Å². The molecule has 0 aromatic heterocycles. The fraction of sp³-hybridized carbons (Fsp3) is 0.0625. The van der Waals surface area contributed by atoms with E-state index in [1.54, 1.807) is 48.5 Å². The van der Waals surface area contributed by atoms with Crippen molar-refractivity contribution in [1.82, 2.24) is 5.32 Å². The van der Waals surface area contributed by atoms with E-state index in [0.717, 1.165) is 0 Å². The Morgan fingerprint density at radius 1 is 0.905 bits per heavy atom. The predicted molar refractivity (Wildman–Crippen MR) is 75.8 cm³/mol. The molecule has 4 rings (SSSR count). The van der Waals surface area contributed by atoms with Crippen LogP contribution in [-0.2, 0) is 0 Å². The smallest absolute Gasteiger partial charge is 0.256 e. The van der Waals surface area contributed by atoms with Gasteiger partial charge in [0.1, 0.15) is 5.71 Å². The van der Waals surface area contributed by atoms with Crippen molar-refractivity contribution in [3.8, 4) is 0 Å². The molecule has 2 N–H and O–H groups in total. The van der Waals surface area contributed by atoms with Crippen LogP contribution in [0.1, 0.15) is 26.3 Å². The second kappa shape index (κ2) is 3.86. The molecule has 102 valence electrons. The van der Waals surface area contributed by atoms with Gasteiger partial charge < -0.3 is 10.4 Å². The van der Waals surface area contributed by atoms with E-state index in [1.165, 1.54) is 0 Å². The van der Waals surface area contributed by atoms with Crippen LogP contribution in [-0.4, -0.2) is 28.2 Å². The van der Waals surface area contributed by atoms with E-state index < -0.39 is 17.4 Å². The topological polar surface area (TPSA) is 78.8 Å². The Hall–Kier alpha value is -2.79. The molecule has 1 unspecified atom stereocenters. The summed E-state index contributed by atoms with van der Waals surface area (Å²) >= 11 is 0. The van der Waals surface area contributed by atoms with Gasteiger partial charge in [0.15, 0.2) is 0 Å². The van der Waals surface area contributed by atoms with Crippen molar-refractivity contribution in [2.75, 3.05) is 0 Å². The minimum Gasteiger partial charge on any atom is -0.359 e. The van der Waals surface area contributed by atoms with E-state index in [4.69, 9.17) is 0 Å². The number of carbonyl (C=O) groups excluding carboxylic acids is 2. The first kappa shape index (κ1) is 12.0. The quantitative estimate of drug-likeness (QED) is 0.765. The number of aliphatic imine (C=N–C) groups is 1. The molecule has 0 saturated carbocycles. The first-order chi connectivity index (χ1) is 10.1. The molecule has 2 aliphatic rings. The summed E-state index contributed by atoms with van der Waals surface area (Å²) in [6.07, 6.45) is 0. The maximum absolute atomic E-state index is 12.5. The summed E-state index contributed by atoms with van der Waals surface area (Å²) in [5.41, 5.74) is -0.259. The molecule has 5 nitrogen and oxygen atoms in total. The van der Waals surface area contributed by atoms with Crippen LogP contribution in [0, 0.1) is 0 Å². The van der Waals surface area contributed by atoms with Crippen LogP contribution in [0.4, 0.5) is 5.69 Å².